The van der Waals surface area contributed by atoms with Crippen LogP contribution in [0.15, 0.2) is 24.3 Å². The van der Waals surface area contributed by atoms with Gasteiger partial charge in [0.25, 0.3) is 0 Å². The van der Waals surface area contributed by atoms with Crippen LogP contribution in [0, 0.1) is 11.3 Å². The Morgan fingerprint density at radius 2 is 2.19 bits per heavy atom. The van der Waals surface area contributed by atoms with Gasteiger partial charge in [0.15, 0.2) is 0 Å². The van der Waals surface area contributed by atoms with Gasteiger partial charge in [-0.05, 0) is 25.0 Å². The molecule has 1 fully saturated rings. The lowest BCUT2D eigenvalue weighted by Crippen LogP contribution is -2.30. The van der Waals surface area contributed by atoms with Crippen molar-refractivity contribution >= 4 is 5.69 Å². The van der Waals surface area contributed by atoms with Gasteiger partial charge in [-0.3, -0.25) is 0 Å². The van der Waals surface area contributed by atoms with Crippen LogP contribution in [0.25, 0.3) is 0 Å². The molecule has 0 spiro atoms. The van der Waals surface area contributed by atoms with E-state index in [0.29, 0.717) is 12.6 Å². The van der Waals surface area contributed by atoms with Gasteiger partial charge in [-0.1, -0.05) is 12.1 Å². The Morgan fingerprint density at radius 3 is 2.81 bits per heavy atom. The smallest absolute Gasteiger partial charge is 0.101 e. The molecular formula is C13H16N2O. The monoisotopic (exact) mass is 216 g/mol. The highest BCUT2D eigenvalue weighted by Crippen LogP contribution is 2.32. The van der Waals surface area contributed by atoms with Crippen molar-refractivity contribution in [2.45, 2.75) is 18.9 Å². The molecule has 0 radical (unpaired) electrons. The molecule has 1 saturated carbocycles. The minimum atomic E-state index is 0.602. The van der Waals surface area contributed by atoms with Crippen LogP contribution >= 0.6 is 0 Å². The third-order valence-corrected chi connectivity index (χ3v) is 2.86. The average Bonchev–Trinajstić information content (AvgIpc) is 3.14. The Kier molecular flexibility index (Phi) is 3.43. The van der Waals surface area contributed by atoms with Crippen molar-refractivity contribution in [2.24, 2.45) is 0 Å². The summed E-state index contributed by atoms with van der Waals surface area (Å²) >= 11 is 0. The van der Waals surface area contributed by atoms with E-state index in [9.17, 15) is 0 Å². The van der Waals surface area contributed by atoms with Crippen LogP contribution in [0.2, 0.25) is 0 Å². The molecule has 0 amide bonds. The minimum Gasteiger partial charge on any atom is -0.383 e. The second kappa shape index (κ2) is 5.00. The van der Waals surface area contributed by atoms with Crippen LogP contribution in [0.1, 0.15) is 18.4 Å². The number of hydrogen-bond donors (Lipinski definition) is 0. The van der Waals surface area contributed by atoms with Crippen LogP contribution in [0.5, 0.6) is 0 Å². The first-order valence-corrected chi connectivity index (χ1v) is 5.61. The summed E-state index contributed by atoms with van der Waals surface area (Å²) in [7, 11) is 1.71. The number of ether oxygens (including phenoxy) is 1. The Hall–Kier alpha value is -1.53. The van der Waals surface area contributed by atoms with Gasteiger partial charge in [-0.15, -0.1) is 0 Å². The lowest BCUT2D eigenvalue weighted by Gasteiger charge is -2.25. The molecule has 0 bridgehead atoms. The summed E-state index contributed by atoms with van der Waals surface area (Å²) in [5.41, 5.74) is 1.80. The molecule has 0 N–H and O–H groups in total. The Labute approximate surface area is 96.2 Å². The molecule has 0 unspecified atom stereocenters. The van der Waals surface area contributed by atoms with Gasteiger partial charge in [0.2, 0.25) is 0 Å². The summed E-state index contributed by atoms with van der Waals surface area (Å²) in [5.74, 6) is 0. The number of benzene rings is 1. The Bertz CT molecular complexity index is 393. The van der Waals surface area contributed by atoms with Gasteiger partial charge >= 0.3 is 0 Å². The Morgan fingerprint density at radius 1 is 1.44 bits per heavy atom. The first-order valence-electron chi connectivity index (χ1n) is 5.61. The maximum absolute atomic E-state index is 9.09. The standard InChI is InChI=1S/C13H16N2O/c1-16-9-8-15(12-6-7-12)13-5-3-2-4-11(13)10-14/h2-5,12H,6-9H2,1H3. The van der Waals surface area contributed by atoms with Gasteiger partial charge in [0.1, 0.15) is 6.07 Å². The summed E-state index contributed by atoms with van der Waals surface area (Å²) < 4.78 is 5.12. The highest BCUT2D eigenvalue weighted by molar-refractivity contribution is 5.60. The second-order valence-corrected chi connectivity index (χ2v) is 4.05. The molecule has 3 nitrogen and oxygen atoms in total. The van der Waals surface area contributed by atoms with E-state index in [1.807, 2.05) is 24.3 Å². The first-order chi connectivity index (χ1) is 7.86. The summed E-state index contributed by atoms with van der Waals surface area (Å²) in [5, 5.41) is 9.09. The third kappa shape index (κ3) is 2.34. The second-order valence-electron chi connectivity index (χ2n) is 4.05. The number of nitriles is 1. The van der Waals surface area contributed by atoms with Crippen molar-refractivity contribution < 1.29 is 4.74 Å². The van der Waals surface area contributed by atoms with E-state index in [-0.39, 0.29) is 0 Å². The van der Waals surface area contributed by atoms with Crippen molar-refractivity contribution in [1.82, 2.24) is 0 Å². The molecule has 0 aromatic heterocycles. The van der Waals surface area contributed by atoms with Gasteiger partial charge in [-0.2, -0.15) is 5.26 Å². The molecule has 1 aromatic carbocycles. The third-order valence-electron chi connectivity index (χ3n) is 2.86. The number of nitrogens with zero attached hydrogens (tertiary/aromatic N) is 2. The molecule has 0 aliphatic heterocycles. The van der Waals surface area contributed by atoms with E-state index in [2.05, 4.69) is 11.0 Å². The molecule has 0 heterocycles. The molecule has 0 atom stereocenters. The van der Waals surface area contributed by atoms with Crippen molar-refractivity contribution in [3.63, 3.8) is 0 Å². The summed E-state index contributed by atoms with van der Waals surface area (Å²) in [6, 6.07) is 10.6. The highest BCUT2D eigenvalue weighted by atomic mass is 16.5. The molecule has 1 aliphatic carbocycles. The van der Waals surface area contributed by atoms with Crippen LogP contribution in [-0.4, -0.2) is 26.3 Å². The Balaban J connectivity index is 2.20. The topological polar surface area (TPSA) is 36.3 Å². The van der Waals surface area contributed by atoms with Crippen molar-refractivity contribution in [3.8, 4) is 6.07 Å². The number of anilines is 1. The minimum absolute atomic E-state index is 0.602. The fourth-order valence-corrected chi connectivity index (χ4v) is 1.89. The maximum Gasteiger partial charge on any atom is 0.101 e. The summed E-state index contributed by atoms with van der Waals surface area (Å²) in [6.07, 6.45) is 2.45. The lowest BCUT2D eigenvalue weighted by molar-refractivity contribution is 0.205. The maximum atomic E-state index is 9.09. The predicted molar refractivity (Wildman–Crippen MR) is 63.4 cm³/mol. The highest BCUT2D eigenvalue weighted by Gasteiger charge is 2.29. The summed E-state index contributed by atoms with van der Waals surface area (Å²) in [6.45, 7) is 1.57. The average molecular weight is 216 g/mol. The largest absolute Gasteiger partial charge is 0.383 e. The van der Waals surface area contributed by atoms with Crippen LogP contribution < -0.4 is 4.90 Å². The van der Waals surface area contributed by atoms with E-state index in [0.717, 1.165) is 17.8 Å². The van der Waals surface area contributed by atoms with E-state index in [1.165, 1.54) is 12.8 Å². The summed E-state index contributed by atoms with van der Waals surface area (Å²) in [4.78, 5) is 2.29. The normalized spacial score (nSPS) is 14.5. The quantitative estimate of drug-likeness (QED) is 0.756. The van der Waals surface area contributed by atoms with Gasteiger partial charge in [0, 0.05) is 19.7 Å². The molecule has 1 aliphatic rings. The van der Waals surface area contributed by atoms with Crippen molar-refractivity contribution in [3.05, 3.63) is 29.8 Å². The van der Waals surface area contributed by atoms with Gasteiger partial charge < -0.3 is 9.64 Å². The zero-order valence-corrected chi connectivity index (χ0v) is 9.52. The number of hydrogen-bond acceptors (Lipinski definition) is 3. The first kappa shape index (κ1) is 11.0. The number of rotatable bonds is 5. The van der Waals surface area contributed by atoms with Crippen LogP contribution in [-0.2, 0) is 4.74 Å². The molecule has 1 aromatic rings. The fraction of sp³-hybridized carbons (Fsp3) is 0.462. The molecule has 16 heavy (non-hydrogen) atoms. The van der Waals surface area contributed by atoms with Crippen molar-refractivity contribution in [1.29, 1.82) is 5.26 Å². The number of methoxy groups -OCH3 is 1. The van der Waals surface area contributed by atoms with E-state index >= 15 is 0 Å². The molecular weight excluding hydrogens is 200 g/mol. The molecule has 2 rings (SSSR count). The van der Waals surface area contributed by atoms with Gasteiger partial charge in [-0.25, -0.2) is 0 Å². The zero-order chi connectivity index (χ0) is 11.4. The fourth-order valence-electron chi connectivity index (χ4n) is 1.89. The van der Waals surface area contributed by atoms with Crippen molar-refractivity contribution in [2.75, 3.05) is 25.2 Å². The number of para-hydroxylation sites is 1. The van der Waals surface area contributed by atoms with Crippen LogP contribution in [0.4, 0.5) is 5.69 Å². The zero-order valence-electron chi connectivity index (χ0n) is 9.52. The van der Waals surface area contributed by atoms with E-state index in [1.54, 1.807) is 7.11 Å². The van der Waals surface area contributed by atoms with Crippen LogP contribution in [0.3, 0.4) is 0 Å². The van der Waals surface area contributed by atoms with Gasteiger partial charge in [0.05, 0.1) is 17.9 Å². The van der Waals surface area contributed by atoms with E-state index < -0.39 is 0 Å². The van der Waals surface area contributed by atoms with E-state index in [4.69, 9.17) is 10.00 Å². The molecule has 3 heteroatoms. The molecule has 84 valence electrons. The molecule has 0 saturated heterocycles. The predicted octanol–water partition coefficient (Wildman–Crippen LogP) is 2.17. The lowest BCUT2D eigenvalue weighted by atomic mass is 10.1. The SMILES string of the molecule is COCCN(c1ccccc1C#N)C1CC1.